The molecule has 0 saturated heterocycles. The first-order valence-electron chi connectivity index (χ1n) is 4.58. The van der Waals surface area contributed by atoms with Gasteiger partial charge in [-0.2, -0.15) is 0 Å². The lowest BCUT2D eigenvalue weighted by Gasteiger charge is -2.16. The van der Waals surface area contributed by atoms with E-state index in [1.165, 1.54) is 19.3 Å². The summed E-state index contributed by atoms with van der Waals surface area (Å²) < 4.78 is 0. The van der Waals surface area contributed by atoms with Crippen molar-refractivity contribution in [2.24, 2.45) is 0 Å². The standard InChI is InChI=1S/C7H8O.C4H7Cl/c1-6-3-2-4-7(8)5-6;5-4-2-1-3-4/h2-5,8H,1H3;4H,1-3H2. The maximum absolute atomic E-state index is 8.81. The van der Waals surface area contributed by atoms with Crippen molar-refractivity contribution in [3.8, 4) is 5.75 Å². The average Bonchev–Trinajstić information content (AvgIpc) is 2.01. The first kappa shape index (κ1) is 10.4. The van der Waals surface area contributed by atoms with E-state index in [4.69, 9.17) is 16.7 Å². The number of phenols is 1. The number of hydrogen-bond acceptors (Lipinski definition) is 1. The Hall–Kier alpha value is -0.690. The summed E-state index contributed by atoms with van der Waals surface area (Å²) >= 11 is 5.55. The van der Waals surface area contributed by atoms with E-state index < -0.39 is 0 Å². The molecule has 1 aromatic carbocycles. The number of halogens is 1. The predicted molar refractivity (Wildman–Crippen MR) is 56.3 cm³/mol. The summed E-state index contributed by atoms with van der Waals surface area (Å²) in [6.45, 7) is 1.94. The van der Waals surface area contributed by atoms with Gasteiger partial charge in [0.2, 0.25) is 0 Å². The minimum Gasteiger partial charge on any atom is -0.508 e. The minimum absolute atomic E-state index is 0.338. The van der Waals surface area contributed by atoms with Crippen LogP contribution in [0.5, 0.6) is 5.75 Å². The van der Waals surface area contributed by atoms with E-state index in [9.17, 15) is 0 Å². The zero-order valence-corrected chi connectivity index (χ0v) is 8.59. The number of alkyl halides is 1. The lowest BCUT2D eigenvalue weighted by molar-refractivity contribution is 0.475. The Morgan fingerprint density at radius 1 is 1.38 bits per heavy atom. The molecule has 0 amide bonds. The quantitative estimate of drug-likeness (QED) is 0.633. The summed E-state index contributed by atoms with van der Waals surface area (Å²) in [7, 11) is 0. The topological polar surface area (TPSA) is 20.2 Å². The summed E-state index contributed by atoms with van der Waals surface area (Å²) in [4.78, 5) is 0. The molecule has 1 fully saturated rings. The van der Waals surface area contributed by atoms with Gasteiger partial charge in [0.15, 0.2) is 0 Å². The zero-order chi connectivity index (χ0) is 9.68. The highest BCUT2D eigenvalue weighted by Gasteiger charge is 2.11. The highest BCUT2D eigenvalue weighted by molar-refractivity contribution is 6.21. The van der Waals surface area contributed by atoms with Crippen molar-refractivity contribution in [2.75, 3.05) is 0 Å². The van der Waals surface area contributed by atoms with Gasteiger partial charge >= 0.3 is 0 Å². The van der Waals surface area contributed by atoms with Crippen LogP contribution in [0.2, 0.25) is 0 Å². The monoisotopic (exact) mass is 198 g/mol. The van der Waals surface area contributed by atoms with E-state index in [1.807, 2.05) is 19.1 Å². The molecule has 13 heavy (non-hydrogen) atoms. The van der Waals surface area contributed by atoms with Crippen molar-refractivity contribution in [3.63, 3.8) is 0 Å². The second-order valence-corrected chi connectivity index (χ2v) is 3.98. The molecule has 0 aromatic heterocycles. The van der Waals surface area contributed by atoms with Gasteiger partial charge in [0.05, 0.1) is 0 Å². The maximum Gasteiger partial charge on any atom is 0.115 e. The Morgan fingerprint density at radius 2 is 2.00 bits per heavy atom. The van der Waals surface area contributed by atoms with E-state index in [2.05, 4.69) is 0 Å². The largest absolute Gasteiger partial charge is 0.508 e. The highest BCUT2D eigenvalue weighted by atomic mass is 35.5. The Morgan fingerprint density at radius 3 is 2.23 bits per heavy atom. The molecule has 0 bridgehead atoms. The first-order valence-corrected chi connectivity index (χ1v) is 5.02. The SMILES string of the molecule is Cc1cccc(O)c1.ClC1CCC1. The van der Waals surface area contributed by atoms with Crippen LogP contribution in [0.15, 0.2) is 24.3 Å². The fourth-order valence-electron chi connectivity index (χ4n) is 0.986. The van der Waals surface area contributed by atoms with Crippen LogP contribution in [0.1, 0.15) is 24.8 Å². The van der Waals surface area contributed by atoms with Crippen LogP contribution in [0.25, 0.3) is 0 Å². The van der Waals surface area contributed by atoms with Crippen LogP contribution < -0.4 is 0 Å². The van der Waals surface area contributed by atoms with E-state index in [1.54, 1.807) is 12.1 Å². The Kier molecular flexibility index (Phi) is 4.10. The Bertz CT molecular complexity index is 239. The molecule has 0 aliphatic heterocycles. The molecule has 1 nitrogen and oxygen atoms in total. The van der Waals surface area contributed by atoms with Crippen LogP contribution >= 0.6 is 11.6 Å². The Labute approximate surface area is 84.4 Å². The van der Waals surface area contributed by atoms with Gasteiger partial charge in [0, 0.05) is 5.38 Å². The second kappa shape index (κ2) is 5.13. The number of aromatic hydroxyl groups is 1. The maximum atomic E-state index is 8.81. The summed E-state index contributed by atoms with van der Waals surface area (Å²) in [6.07, 6.45) is 3.86. The average molecular weight is 199 g/mol. The molecule has 2 heteroatoms. The number of benzene rings is 1. The molecule has 0 unspecified atom stereocenters. The summed E-state index contributed by atoms with van der Waals surface area (Å²) in [6, 6.07) is 7.15. The fraction of sp³-hybridized carbons (Fsp3) is 0.455. The molecule has 0 heterocycles. The molecule has 1 aliphatic carbocycles. The van der Waals surface area contributed by atoms with Crippen molar-refractivity contribution in [1.82, 2.24) is 0 Å². The van der Waals surface area contributed by atoms with E-state index >= 15 is 0 Å². The third kappa shape index (κ3) is 4.18. The number of phenolic OH excluding ortho intramolecular Hbond substituents is 1. The van der Waals surface area contributed by atoms with Gasteiger partial charge in [-0.25, -0.2) is 0 Å². The molecule has 0 spiro atoms. The van der Waals surface area contributed by atoms with Crippen molar-refractivity contribution in [2.45, 2.75) is 31.6 Å². The number of aryl methyl sites for hydroxylation is 1. The van der Waals surface area contributed by atoms with Crippen LogP contribution in [-0.2, 0) is 0 Å². The summed E-state index contributed by atoms with van der Waals surface area (Å²) in [5.74, 6) is 0.338. The van der Waals surface area contributed by atoms with Gasteiger partial charge in [0.25, 0.3) is 0 Å². The number of rotatable bonds is 0. The molecule has 2 rings (SSSR count). The van der Waals surface area contributed by atoms with Gasteiger partial charge in [0.1, 0.15) is 5.75 Å². The summed E-state index contributed by atoms with van der Waals surface area (Å²) in [5.41, 5.74) is 1.09. The summed E-state index contributed by atoms with van der Waals surface area (Å²) in [5, 5.41) is 9.35. The van der Waals surface area contributed by atoms with E-state index in [-0.39, 0.29) is 0 Å². The van der Waals surface area contributed by atoms with Crippen molar-refractivity contribution >= 4 is 11.6 Å². The molecule has 1 N–H and O–H groups in total. The highest BCUT2D eigenvalue weighted by Crippen LogP contribution is 2.23. The molecule has 1 aliphatic rings. The minimum atomic E-state index is 0.338. The first-order chi connectivity index (χ1) is 6.18. The predicted octanol–water partition coefficient (Wildman–Crippen LogP) is 3.48. The van der Waals surface area contributed by atoms with Crippen LogP contribution in [0.3, 0.4) is 0 Å². The molecular formula is C11H15ClO. The van der Waals surface area contributed by atoms with Gasteiger partial charge in [-0.3, -0.25) is 0 Å². The zero-order valence-electron chi connectivity index (χ0n) is 7.83. The van der Waals surface area contributed by atoms with Gasteiger partial charge in [-0.1, -0.05) is 18.6 Å². The van der Waals surface area contributed by atoms with Crippen molar-refractivity contribution in [1.29, 1.82) is 0 Å². The third-order valence-corrected chi connectivity index (χ3v) is 2.47. The third-order valence-electron chi connectivity index (χ3n) is 2.04. The lowest BCUT2D eigenvalue weighted by Crippen LogP contribution is -2.08. The smallest absolute Gasteiger partial charge is 0.115 e. The Balaban J connectivity index is 0.000000145. The normalized spacial score (nSPS) is 15.5. The van der Waals surface area contributed by atoms with Crippen molar-refractivity contribution in [3.05, 3.63) is 29.8 Å². The van der Waals surface area contributed by atoms with E-state index in [0.29, 0.717) is 11.1 Å². The van der Waals surface area contributed by atoms with Crippen LogP contribution in [0.4, 0.5) is 0 Å². The molecule has 1 aromatic rings. The van der Waals surface area contributed by atoms with Crippen molar-refractivity contribution < 1.29 is 5.11 Å². The van der Waals surface area contributed by atoms with Gasteiger partial charge < -0.3 is 5.11 Å². The molecule has 0 radical (unpaired) electrons. The van der Waals surface area contributed by atoms with Gasteiger partial charge in [-0.15, -0.1) is 11.6 Å². The van der Waals surface area contributed by atoms with Crippen LogP contribution in [0, 0.1) is 6.92 Å². The van der Waals surface area contributed by atoms with E-state index in [0.717, 1.165) is 5.56 Å². The number of hydrogen-bond donors (Lipinski definition) is 1. The fourth-order valence-corrected chi connectivity index (χ4v) is 1.30. The van der Waals surface area contributed by atoms with Crippen LogP contribution in [-0.4, -0.2) is 10.5 Å². The molecule has 1 saturated carbocycles. The molecule has 72 valence electrons. The second-order valence-electron chi connectivity index (χ2n) is 3.37. The molecule has 0 atom stereocenters. The lowest BCUT2D eigenvalue weighted by atomic mass is 10.0. The van der Waals surface area contributed by atoms with Gasteiger partial charge in [-0.05, 0) is 37.5 Å². The molecular weight excluding hydrogens is 184 g/mol.